The molecule has 0 bridgehead atoms. The number of rotatable bonds is 6. The first-order chi connectivity index (χ1) is 12.2. The molecule has 1 heterocycles. The molecule has 1 aliphatic heterocycles. The molecule has 2 aromatic rings. The quantitative estimate of drug-likeness (QED) is 0.496. The molecule has 1 fully saturated rings. The van der Waals surface area contributed by atoms with E-state index in [2.05, 4.69) is 22.3 Å². The van der Waals surface area contributed by atoms with E-state index in [1.165, 1.54) is 12.1 Å². The molecule has 6 heteroatoms. The number of para-hydroxylation sites is 1. The largest absolute Gasteiger partial charge is 0.382 e. The zero-order valence-electron chi connectivity index (χ0n) is 13.9. The third kappa shape index (κ3) is 4.22. The maximum Gasteiger partial charge on any atom is 0.269 e. The van der Waals surface area contributed by atoms with Crippen LogP contribution in [0.5, 0.6) is 0 Å². The van der Waals surface area contributed by atoms with E-state index in [-0.39, 0.29) is 11.7 Å². The lowest BCUT2D eigenvalue weighted by atomic mass is 9.99. The number of carbonyl (C=O) groups is 1. The monoisotopic (exact) mass is 339 g/mol. The zero-order chi connectivity index (χ0) is 17.6. The van der Waals surface area contributed by atoms with Gasteiger partial charge in [0.15, 0.2) is 0 Å². The number of nitro groups is 1. The number of likely N-dealkylation sites (tertiary alicyclic amines) is 1. The molecule has 0 aliphatic carbocycles. The summed E-state index contributed by atoms with van der Waals surface area (Å²) in [7, 11) is 0. The van der Waals surface area contributed by atoms with Crippen molar-refractivity contribution < 1.29 is 9.72 Å². The maximum absolute atomic E-state index is 11.6. The molecule has 0 spiro atoms. The number of piperidine rings is 1. The third-order valence-electron chi connectivity index (χ3n) is 4.64. The van der Waals surface area contributed by atoms with E-state index < -0.39 is 4.92 Å². The molecular formula is C19H21N3O3. The Morgan fingerprint density at radius 1 is 1.08 bits per heavy atom. The van der Waals surface area contributed by atoms with Gasteiger partial charge in [0.25, 0.3) is 5.69 Å². The highest BCUT2D eigenvalue weighted by Gasteiger charge is 2.26. The number of anilines is 1. The van der Waals surface area contributed by atoms with Crippen molar-refractivity contribution in [3.8, 4) is 0 Å². The fourth-order valence-corrected chi connectivity index (χ4v) is 3.26. The molecule has 130 valence electrons. The van der Waals surface area contributed by atoms with Gasteiger partial charge in [-0.3, -0.25) is 15.0 Å². The molecule has 1 atom stereocenters. The Balaban J connectivity index is 1.60. The lowest BCUT2D eigenvalue weighted by Gasteiger charge is -2.36. The van der Waals surface area contributed by atoms with Crippen LogP contribution in [0, 0.1) is 10.1 Å². The number of nitrogens with zero attached hydrogens (tertiary/aromatic N) is 2. The number of aldehydes is 1. The lowest BCUT2D eigenvalue weighted by molar-refractivity contribution is -0.384. The standard InChI is InChI=1S/C19H21N3O3/c23-14-19(15-6-8-18(9-7-15)22(24)25)21-12-10-17(11-13-21)20-16-4-2-1-3-5-16/h1-9,14,17,19-20H,10-13H2/t19-/m1/s1. The second kappa shape index (κ2) is 7.90. The van der Waals surface area contributed by atoms with Gasteiger partial charge in [-0.05, 0) is 30.5 Å². The van der Waals surface area contributed by atoms with E-state index in [0.29, 0.717) is 6.04 Å². The molecule has 0 radical (unpaired) electrons. The molecule has 0 unspecified atom stereocenters. The molecule has 0 aromatic heterocycles. The van der Waals surface area contributed by atoms with Gasteiger partial charge < -0.3 is 10.1 Å². The first-order valence-corrected chi connectivity index (χ1v) is 8.42. The first kappa shape index (κ1) is 17.1. The minimum atomic E-state index is -0.430. The van der Waals surface area contributed by atoms with E-state index in [1.807, 2.05) is 18.2 Å². The fourth-order valence-electron chi connectivity index (χ4n) is 3.26. The average molecular weight is 339 g/mol. The number of hydrogen-bond donors (Lipinski definition) is 1. The number of hydrogen-bond acceptors (Lipinski definition) is 5. The Bertz CT molecular complexity index is 710. The lowest BCUT2D eigenvalue weighted by Crippen LogP contribution is -2.41. The van der Waals surface area contributed by atoms with E-state index in [1.54, 1.807) is 12.1 Å². The molecule has 0 amide bonds. The van der Waals surface area contributed by atoms with E-state index >= 15 is 0 Å². The van der Waals surface area contributed by atoms with Crippen LogP contribution in [0.3, 0.4) is 0 Å². The summed E-state index contributed by atoms with van der Waals surface area (Å²) in [5.74, 6) is 0. The molecule has 1 aliphatic rings. The van der Waals surface area contributed by atoms with Gasteiger partial charge in [-0.2, -0.15) is 0 Å². The highest BCUT2D eigenvalue weighted by atomic mass is 16.6. The summed E-state index contributed by atoms with van der Waals surface area (Å²) in [6, 6.07) is 16.4. The van der Waals surface area contributed by atoms with Gasteiger partial charge in [-0.15, -0.1) is 0 Å². The van der Waals surface area contributed by atoms with Crippen molar-refractivity contribution in [2.45, 2.75) is 24.9 Å². The van der Waals surface area contributed by atoms with Gasteiger partial charge in [-0.1, -0.05) is 30.3 Å². The van der Waals surface area contributed by atoms with Crippen LogP contribution >= 0.6 is 0 Å². The van der Waals surface area contributed by atoms with Crippen molar-refractivity contribution in [3.05, 3.63) is 70.3 Å². The van der Waals surface area contributed by atoms with Gasteiger partial charge in [0.2, 0.25) is 0 Å². The number of non-ortho nitro benzene ring substituents is 1. The minimum Gasteiger partial charge on any atom is -0.382 e. The summed E-state index contributed by atoms with van der Waals surface area (Å²) in [6.07, 6.45) is 2.82. The van der Waals surface area contributed by atoms with Crippen molar-refractivity contribution in [1.82, 2.24) is 4.90 Å². The van der Waals surface area contributed by atoms with Gasteiger partial charge in [-0.25, -0.2) is 0 Å². The molecule has 0 saturated carbocycles. The topological polar surface area (TPSA) is 75.5 Å². The summed E-state index contributed by atoms with van der Waals surface area (Å²) in [5.41, 5.74) is 1.96. The zero-order valence-corrected chi connectivity index (χ0v) is 13.9. The minimum absolute atomic E-state index is 0.0409. The van der Waals surface area contributed by atoms with Crippen LogP contribution in [-0.2, 0) is 4.79 Å². The number of benzene rings is 2. The third-order valence-corrected chi connectivity index (χ3v) is 4.64. The van der Waals surface area contributed by atoms with E-state index in [4.69, 9.17) is 0 Å². The molecule has 2 aromatic carbocycles. The van der Waals surface area contributed by atoms with Gasteiger partial charge in [0.1, 0.15) is 6.29 Å². The van der Waals surface area contributed by atoms with Crippen LogP contribution in [0.1, 0.15) is 24.4 Å². The van der Waals surface area contributed by atoms with Crippen molar-refractivity contribution in [3.63, 3.8) is 0 Å². The Labute approximate surface area is 146 Å². The van der Waals surface area contributed by atoms with Crippen molar-refractivity contribution in [2.75, 3.05) is 18.4 Å². The fraction of sp³-hybridized carbons (Fsp3) is 0.316. The predicted molar refractivity (Wildman–Crippen MR) is 96.6 cm³/mol. The molecule has 6 nitrogen and oxygen atoms in total. The Kier molecular flexibility index (Phi) is 5.40. The first-order valence-electron chi connectivity index (χ1n) is 8.42. The molecular weight excluding hydrogens is 318 g/mol. The van der Waals surface area contributed by atoms with Crippen LogP contribution in [0.2, 0.25) is 0 Å². The predicted octanol–water partition coefficient (Wildman–Crippen LogP) is 3.41. The summed E-state index contributed by atoms with van der Waals surface area (Å²) >= 11 is 0. The van der Waals surface area contributed by atoms with Crippen LogP contribution in [0.4, 0.5) is 11.4 Å². The number of nitro benzene ring substituents is 1. The van der Waals surface area contributed by atoms with E-state index in [9.17, 15) is 14.9 Å². The second-order valence-corrected chi connectivity index (χ2v) is 6.25. The second-order valence-electron chi connectivity index (χ2n) is 6.25. The number of carbonyl (C=O) groups excluding carboxylic acids is 1. The van der Waals surface area contributed by atoms with Crippen molar-refractivity contribution >= 4 is 17.7 Å². The van der Waals surface area contributed by atoms with Gasteiger partial charge >= 0.3 is 0 Å². The van der Waals surface area contributed by atoms with Gasteiger partial charge in [0, 0.05) is 37.0 Å². The Morgan fingerprint density at radius 2 is 1.72 bits per heavy atom. The SMILES string of the molecule is O=C[C@H](c1ccc([N+](=O)[O-])cc1)N1CCC(Nc2ccccc2)CC1. The summed E-state index contributed by atoms with van der Waals surface area (Å²) < 4.78 is 0. The molecule has 25 heavy (non-hydrogen) atoms. The van der Waals surface area contributed by atoms with E-state index in [0.717, 1.165) is 43.5 Å². The Morgan fingerprint density at radius 3 is 2.28 bits per heavy atom. The van der Waals surface area contributed by atoms with Crippen LogP contribution < -0.4 is 5.32 Å². The molecule has 1 N–H and O–H groups in total. The number of nitrogens with one attached hydrogen (secondary N) is 1. The highest BCUT2D eigenvalue weighted by molar-refractivity contribution is 5.62. The summed E-state index contributed by atoms with van der Waals surface area (Å²) in [6.45, 7) is 1.62. The van der Waals surface area contributed by atoms with Crippen molar-refractivity contribution in [1.29, 1.82) is 0 Å². The van der Waals surface area contributed by atoms with Crippen LogP contribution in [-0.4, -0.2) is 35.2 Å². The highest BCUT2D eigenvalue weighted by Crippen LogP contribution is 2.26. The summed E-state index contributed by atoms with van der Waals surface area (Å²) in [4.78, 5) is 24.1. The maximum atomic E-state index is 11.6. The smallest absolute Gasteiger partial charge is 0.269 e. The average Bonchev–Trinajstić information content (AvgIpc) is 2.65. The van der Waals surface area contributed by atoms with Gasteiger partial charge in [0.05, 0.1) is 11.0 Å². The molecule has 1 saturated heterocycles. The summed E-state index contributed by atoms with van der Waals surface area (Å²) in [5, 5.41) is 14.3. The normalized spacial score (nSPS) is 17.0. The Hall–Kier alpha value is -2.73. The van der Waals surface area contributed by atoms with Crippen LogP contribution in [0.15, 0.2) is 54.6 Å². The van der Waals surface area contributed by atoms with Crippen LogP contribution in [0.25, 0.3) is 0 Å². The molecule has 3 rings (SSSR count). The van der Waals surface area contributed by atoms with Crippen molar-refractivity contribution in [2.24, 2.45) is 0 Å².